The van der Waals surface area contributed by atoms with Gasteiger partial charge in [-0.3, -0.25) is 14.5 Å². The molecule has 1 saturated heterocycles. The lowest BCUT2D eigenvalue weighted by Crippen LogP contribution is -2.42. The maximum atomic E-state index is 12.9. The SMILES string of the molecule is COc1ccc(C2(C)NC(=O)N(CC(=O)Nc3ccccc3C#N)C2=O)cc1. The van der Waals surface area contributed by atoms with Gasteiger partial charge in [0, 0.05) is 0 Å². The number of nitriles is 1. The first kappa shape index (κ1) is 18.9. The van der Waals surface area contributed by atoms with Crippen LogP contribution < -0.4 is 15.4 Å². The summed E-state index contributed by atoms with van der Waals surface area (Å²) in [6, 6.07) is 14.5. The third-order valence-corrected chi connectivity index (χ3v) is 4.57. The number of nitrogens with one attached hydrogen (secondary N) is 2. The van der Waals surface area contributed by atoms with E-state index in [0.29, 0.717) is 17.0 Å². The van der Waals surface area contributed by atoms with E-state index in [0.717, 1.165) is 4.90 Å². The summed E-state index contributed by atoms with van der Waals surface area (Å²) in [4.78, 5) is 38.4. The lowest BCUT2D eigenvalue weighted by Gasteiger charge is -2.22. The van der Waals surface area contributed by atoms with Gasteiger partial charge in [0.2, 0.25) is 5.91 Å². The van der Waals surface area contributed by atoms with Gasteiger partial charge >= 0.3 is 6.03 Å². The summed E-state index contributed by atoms with van der Waals surface area (Å²) < 4.78 is 5.10. The number of para-hydroxylation sites is 1. The number of amides is 4. The minimum atomic E-state index is -1.28. The van der Waals surface area contributed by atoms with Gasteiger partial charge in [-0.25, -0.2) is 4.79 Å². The Balaban J connectivity index is 1.76. The fraction of sp³-hybridized carbons (Fsp3) is 0.200. The van der Waals surface area contributed by atoms with Crippen LogP contribution in [0.15, 0.2) is 48.5 Å². The van der Waals surface area contributed by atoms with E-state index in [4.69, 9.17) is 10.00 Å². The summed E-state index contributed by atoms with van der Waals surface area (Å²) in [5.74, 6) is -0.493. The third-order valence-electron chi connectivity index (χ3n) is 4.57. The number of rotatable bonds is 5. The van der Waals surface area contributed by atoms with Crippen molar-refractivity contribution in [3.63, 3.8) is 0 Å². The van der Waals surface area contributed by atoms with Crippen molar-refractivity contribution in [1.29, 1.82) is 5.26 Å². The maximum Gasteiger partial charge on any atom is 0.325 e. The largest absolute Gasteiger partial charge is 0.497 e. The average molecular weight is 378 g/mol. The summed E-state index contributed by atoms with van der Waals surface area (Å²) in [7, 11) is 1.53. The number of methoxy groups -OCH3 is 1. The first-order valence-corrected chi connectivity index (χ1v) is 8.46. The molecule has 0 radical (unpaired) electrons. The second-order valence-electron chi connectivity index (χ2n) is 6.38. The molecule has 0 saturated carbocycles. The molecule has 1 unspecified atom stereocenters. The molecule has 1 fully saturated rings. The predicted octanol–water partition coefficient (Wildman–Crippen LogP) is 1.97. The van der Waals surface area contributed by atoms with Gasteiger partial charge in [-0.15, -0.1) is 0 Å². The summed E-state index contributed by atoms with van der Waals surface area (Å²) in [6.45, 7) is 1.12. The average Bonchev–Trinajstić information content (AvgIpc) is 2.92. The number of urea groups is 1. The monoisotopic (exact) mass is 378 g/mol. The predicted molar refractivity (Wildman–Crippen MR) is 100 cm³/mol. The summed E-state index contributed by atoms with van der Waals surface area (Å²) in [5, 5.41) is 14.3. The summed E-state index contributed by atoms with van der Waals surface area (Å²) in [6.07, 6.45) is 0. The number of hydrogen-bond acceptors (Lipinski definition) is 5. The van der Waals surface area contributed by atoms with E-state index in [1.165, 1.54) is 7.11 Å². The Morgan fingerprint density at radius 3 is 2.54 bits per heavy atom. The number of carbonyl (C=O) groups is 3. The first-order valence-electron chi connectivity index (χ1n) is 8.46. The fourth-order valence-corrected chi connectivity index (χ4v) is 2.98. The van der Waals surface area contributed by atoms with Gasteiger partial charge in [-0.05, 0) is 36.8 Å². The normalized spacial score (nSPS) is 18.4. The van der Waals surface area contributed by atoms with Gasteiger partial charge in [-0.1, -0.05) is 24.3 Å². The number of nitrogens with zero attached hydrogens (tertiary/aromatic N) is 2. The Morgan fingerprint density at radius 1 is 1.21 bits per heavy atom. The second-order valence-corrected chi connectivity index (χ2v) is 6.38. The molecule has 142 valence electrons. The summed E-state index contributed by atoms with van der Waals surface area (Å²) in [5.41, 5.74) is -0.103. The molecular formula is C20H18N4O4. The third kappa shape index (κ3) is 3.38. The van der Waals surface area contributed by atoms with Crippen LogP contribution in [0.25, 0.3) is 0 Å². The standard InChI is InChI=1S/C20H18N4O4/c1-20(14-7-9-15(28-2)10-8-14)18(26)24(19(27)23-20)12-17(25)22-16-6-4-3-5-13(16)11-21/h3-10H,12H2,1-2H3,(H,22,25)(H,23,27). The van der Waals surface area contributed by atoms with Crippen LogP contribution in [0, 0.1) is 11.3 Å². The first-order chi connectivity index (χ1) is 13.4. The minimum absolute atomic E-state index is 0.288. The minimum Gasteiger partial charge on any atom is -0.497 e. The Labute approximate surface area is 161 Å². The number of imide groups is 1. The molecule has 8 nitrogen and oxygen atoms in total. The van der Waals surface area contributed by atoms with Gasteiger partial charge in [0.15, 0.2) is 0 Å². The van der Waals surface area contributed by atoms with Crippen molar-refractivity contribution >= 4 is 23.5 Å². The molecule has 1 aliphatic rings. The van der Waals surface area contributed by atoms with Crippen molar-refractivity contribution in [2.45, 2.75) is 12.5 Å². The molecule has 1 aliphatic heterocycles. The topological polar surface area (TPSA) is 112 Å². The second kappa shape index (κ2) is 7.40. The van der Waals surface area contributed by atoms with Gasteiger partial charge < -0.3 is 15.4 Å². The Hall–Kier alpha value is -3.86. The molecule has 1 atom stereocenters. The zero-order chi connectivity index (χ0) is 20.3. The molecule has 8 heteroatoms. The number of ether oxygens (including phenoxy) is 1. The van der Waals surface area contributed by atoms with Crippen LogP contribution in [0.3, 0.4) is 0 Å². The molecule has 0 aromatic heterocycles. The van der Waals surface area contributed by atoms with Crippen molar-refractivity contribution in [3.8, 4) is 11.8 Å². The van der Waals surface area contributed by atoms with E-state index in [9.17, 15) is 14.4 Å². The highest BCUT2D eigenvalue weighted by atomic mass is 16.5. The number of hydrogen-bond donors (Lipinski definition) is 2. The maximum absolute atomic E-state index is 12.9. The van der Waals surface area contributed by atoms with Gasteiger partial charge in [-0.2, -0.15) is 5.26 Å². The highest BCUT2D eigenvalue weighted by molar-refractivity contribution is 6.10. The van der Waals surface area contributed by atoms with Crippen LogP contribution in [0.1, 0.15) is 18.1 Å². The van der Waals surface area contributed by atoms with E-state index in [-0.39, 0.29) is 5.56 Å². The summed E-state index contributed by atoms with van der Waals surface area (Å²) >= 11 is 0. The van der Waals surface area contributed by atoms with Crippen molar-refractivity contribution in [3.05, 3.63) is 59.7 Å². The van der Waals surface area contributed by atoms with Crippen LogP contribution >= 0.6 is 0 Å². The Morgan fingerprint density at radius 2 is 1.89 bits per heavy atom. The molecule has 0 spiro atoms. The van der Waals surface area contributed by atoms with Crippen LogP contribution in [0.4, 0.5) is 10.5 Å². The van der Waals surface area contributed by atoms with E-state index in [1.807, 2.05) is 6.07 Å². The van der Waals surface area contributed by atoms with E-state index < -0.39 is 29.9 Å². The Kier molecular flexibility index (Phi) is 5.00. The van der Waals surface area contributed by atoms with E-state index in [1.54, 1.807) is 55.5 Å². The van der Waals surface area contributed by atoms with Crippen LogP contribution in [0.5, 0.6) is 5.75 Å². The van der Waals surface area contributed by atoms with Crippen molar-refractivity contribution in [2.24, 2.45) is 0 Å². The number of benzene rings is 2. The van der Waals surface area contributed by atoms with Crippen molar-refractivity contribution < 1.29 is 19.1 Å². The molecule has 1 heterocycles. The van der Waals surface area contributed by atoms with Crippen molar-refractivity contribution in [2.75, 3.05) is 19.0 Å². The molecule has 0 bridgehead atoms. The van der Waals surface area contributed by atoms with Crippen LogP contribution in [-0.2, 0) is 15.1 Å². The fourth-order valence-electron chi connectivity index (χ4n) is 2.98. The molecule has 2 aromatic carbocycles. The molecular weight excluding hydrogens is 360 g/mol. The zero-order valence-electron chi connectivity index (χ0n) is 15.4. The smallest absolute Gasteiger partial charge is 0.325 e. The molecule has 2 N–H and O–H groups in total. The van der Waals surface area contributed by atoms with Crippen LogP contribution in [-0.4, -0.2) is 36.4 Å². The lowest BCUT2D eigenvalue weighted by molar-refractivity contribution is -0.133. The number of anilines is 1. The molecule has 4 amide bonds. The van der Waals surface area contributed by atoms with E-state index in [2.05, 4.69) is 10.6 Å². The molecule has 0 aliphatic carbocycles. The Bertz CT molecular complexity index is 980. The van der Waals surface area contributed by atoms with Crippen LogP contribution in [0.2, 0.25) is 0 Å². The van der Waals surface area contributed by atoms with Gasteiger partial charge in [0.1, 0.15) is 23.9 Å². The van der Waals surface area contributed by atoms with Gasteiger partial charge in [0.25, 0.3) is 5.91 Å². The molecule has 2 aromatic rings. The lowest BCUT2D eigenvalue weighted by atomic mass is 9.92. The van der Waals surface area contributed by atoms with Gasteiger partial charge in [0.05, 0.1) is 18.4 Å². The zero-order valence-corrected chi connectivity index (χ0v) is 15.4. The van der Waals surface area contributed by atoms with Crippen molar-refractivity contribution in [1.82, 2.24) is 10.2 Å². The highest BCUT2D eigenvalue weighted by Gasteiger charge is 2.49. The number of carbonyl (C=O) groups excluding carboxylic acids is 3. The molecule has 3 rings (SSSR count). The van der Waals surface area contributed by atoms with E-state index >= 15 is 0 Å². The quantitative estimate of drug-likeness (QED) is 0.773. The molecule has 28 heavy (non-hydrogen) atoms. The highest BCUT2D eigenvalue weighted by Crippen LogP contribution is 2.30.